The Morgan fingerprint density at radius 1 is 1.31 bits per heavy atom. The maximum atomic E-state index is 12.0. The van der Waals surface area contributed by atoms with Gasteiger partial charge in [0.1, 0.15) is 0 Å². The van der Waals surface area contributed by atoms with E-state index in [1.165, 1.54) is 0 Å². The summed E-state index contributed by atoms with van der Waals surface area (Å²) in [6.07, 6.45) is -3.21. The van der Waals surface area contributed by atoms with Crippen molar-refractivity contribution >= 4 is 0 Å². The average molecular weight is 241 g/mol. The highest BCUT2D eigenvalue weighted by Crippen LogP contribution is 2.23. The van der Waals surface area contributed by atoms with Gasteiger partial charge in [-0.15, -0.1) is 0 Å². The topological polar surface area (TPSA) is 21.3 Å². The zero-order valence-corrected chi connectivity index (χ0v) is 10.2. The lowest BCUT2D eigenvalue weighted by Crippen LogP contribution is -2.39. The standard InChI is InChI=1S/C11H22F3NO/c1-4-8-15-10(9(2)16-3)6-5-7-11(12,13)14/h9-10,15H,4-8H2,1-3H3. The van der Waals surface area contributed by atoms with Crippen LogP contribution in [-0.4, -0.2) is 32.0 Å². The second-order valence-corrected chi connectivity index (χ2v) is 4.01. The van der Waals surface area contributed by atoms with E-state index in [1.54, 1.807) is 7.11 Å². The van der Waals surface area contributed by atoms with E-state index in [2.05, 4.69) is 5.32 Å². The van der Waals surface area contributed by atoms with Gasteiger partial charge in [0.2, 0.25) is 0 Å². The minimum atomic E-state index is -4.05. The first kappa shape index (κ1) is 15.7. The van der Waals surface area contributed by atoms with Crippen LogP contribution in [0.1, 0.15) is 39.5 Å². The van der Waals surface area contributed by atoms with Gasteiger partial charge in [0.05, 0.1) is 6.10 Å². The van der Waals surface area contributed by atoms with E-state index in [4.69, 9.17) is 4.74 Å². The van der Waals surface area contributed by atoms with E-state index < -0.39 is 12.6 Å². The van der Waals surface area contributed by atoms with E-state index in [0.29, 0.717) is 6.42 Å². The largest absolute Gasteiger partial charge is 0.389 e. The van der Waals surface area contributed by atoms with Gasteiger partial charge in [0.25, 0.3) is 0 Å². The summed E-state index contributed by atoms with van der Waals surface area (Å²) in [4.78, 5) is 0. The Bertz CT molecular complexity index is 173. The van der Waals surface area contributed by atoms with Gasteiger partial charge in [-0.25, -0.2) is 0 Å². The molecule has 0 aliphatic heterocycles. The van der Waals surface area contributed by atoms with E-state index in [1.807, 2.05) is 13.8 Å². The fraction of sp³-hybridized carbons (Fsp3) is 1.00. The van der Waals surface area contributed by atoms with Crippen molar-refractivity contribution in [1.82, 2.24) is 5.32 Å². The van der Waals surface area contributed by atoms with Crippen LogP contribution in [0.15, 0.2) is 0 Å². The van der Waals surface area contributed by atoms with Crippen LogP contribution in [0.5, 0.6) is 0 Å². The van der Waals surface area contributed by atoms with Crippen LogP contribution in [-0.2, 0) is 4.74 Å². The number of rotatable bonds is 8. The summed E-state index contributed by atoms with van der Waals surface area (Å²) in [5.41, 5.74) is 0. The number of methoxy groups -OCH3 is 1. The van der Waals surface area contributed by atoms with Crippen molar-refractivity contribution in [2.24, 2.45) is 0 Å². The minimum Gasteiger partial charge on any atom is -0.380 e. The summed E-state index contributed by atoms with van der Waals surface area (Å²) < 4.78 is 41.1. The third kappa shape index (κ3) is 7.93. The molecule has 5 heteroatoms. The lowest BCUT2D eigenvalue weighted by Gasteiger charge is -2.24. The molecule has 2 unspecified atom stereocenters. The Hall–Kier alpha value is -0.290. The number of ether oxygens (including phenoxy) is 1. The first-order chi connectivity index (χ1) is 7.40. The molecule has 0 aliphatic rings. The van der Waals surface area contributed by atoms with Crippen LogP contribution in [0.25, 0.3) is 0 Å². The first-order valence-corrected chi connectivity index (χ1v) is 5.73. The molecule has 0 aromatic heterocycles. The molecule has 0 fully saturated rings. The molecule has 0 radical (unpaired) electrons. The van der Waals surface area contributed by atoms with Gasteiger partial charge in [-0.3, -0.25) is 0 Å². The zero-order valence-electron chi connectivity index (χ0n) is 10.2. The molecule has 0 rings (SSSR count). The van der Waals surface area contributed by atoms with Gasteiger partial charge in [0, 0.05) is 19.6 Å². The molecular weight excluding hydrogens is 219 g/mol. The number of hydrogen-bond acceptors (Lipinski definition) is 2. The van der Waals surface area contributed by atoms with Crippen molar-refractivity contribution in [1.29, 1.82) is 0 Å². The van der Waals surface area contributed by atoms with Gasteiger partial charge in [0.15, 0.2) is 0 Å². The monoisotopic (exact) mass is 241 g/mol. The number of hydrogen-bond donors (Lipinski definition) is 1. The first-order valence-electron chi connectivity index (χ1n) is 5.73. The SMILES string of the molecule is CCCNC(CCCC(F)(F)F)C(C)OC. The van der Waals surface area contributed by atoms with Gasteiger partial charge in [-0.05, 0) is 32.7 Å². The second kappa shape index (κ2) is 7.90. The summed E-state index contributed by atoms with van der Waals surface area (Å²) in [6, 6.07) is 0.00676. The molecule has 0 aliphatic carbocycles. The van der Waals surface area contributed by atoms with E-state index >= 15 is 0 Å². The lowest BCUT2D eigenvalue weighted by atomic mass is 10.0. The summed E-state index contributed by atoms with van der Waals surface area (Å²) in [5, 5.41) is 3.21. The fourth-order valence-corrected chi connectivity index (χ4v) is 1.52. The van der Waals surface area contributed by atoms with Crippen LogP contribution >= 0.6 is 0 Å². The molecule has 1 N–H and O–H groups in total. The maximum Gasteiger partial charge on any atom is 0.389 e. The van der Waals surface area contributed by atoms with Crippen LogP contribution in [0.2, 0.25) is 0 Å². The molecule has 16 heavy (non-hydrogen) atoms. The molecule has 0 amide bonds. The van der Waals surface area contributed by atoms with Crippen molar-refractivity contribution in [2.75, 3.05) is 13.7 Å². The van der Waals surface area contributed by atoms with Crippen LogP contribution in [0.4, 0.5) is 13.2 Å². The van der Waals surface area contributed by atoms with E-state index in [0.717, 1.165) is 13.0 Å². The zero-order chi connectivity index (χ0) is 12.6. The molecule has 0 aromatic rings. The highest BCUT2D eigenvalue weighted by atomic mass is 19.4. The van der Waals surface area contributed by atoms with Crippen molar-refractivity contribution in [3.05, 3.63) is 0 Å². The quantitative estimate of drug-likeness (QED) is 0.705. The average Bonchev–Trinajstić information content (AvgIpc) is 2.20. The van der Waals surface area contributed by atoms with E-state index in [-0.39, 0.29) is 18.6 Å². The Labute approximate surface area is 95.5 Å². The Morgan fingerprint density at radius 3 is 2.38 bits per heavy atom. The van der Waals surface area contributed by atoms with Gasteiger partial charge < -0.3 is 10.1 Å². The van der Waals surface area contributed by atoms with Crippen molar-refractivity contribution in [3.63, 3.8) is 0 Å². The highest BCUT2D eigenvalue weighted by Gasteiger charge is 2.27. The van der Waals surface area contributed by atoms with Gasteiger partial charge >= 0.3 is 6.18 Å². The fourth-order valence-electron chi connectivity index (χ4n) is 1.52. The molecule has 0 aromatic carbocycles. The summed E-state index contributed by atoms with van der Waals surface area (Å²) >= 11 is 0. The second-order valence-electron chi connectivity index (χ2n) is 4.01. The Balaban J connectivity index is 3.91. The van der Waals surface area contributed by atoms with Gasteiger partial charge in [-0.1, -0.05) is 6.92 Å². The van der Waals surface area contributed by atoms with E-state index in [9.17, 15) is 13.2 Å². The summed E-state index contributed by atoms with van der Waals surface area (Å²) in [5.74, 6) is 0. The molecular formula is C11H22F3NO. The Morgan fingerprint density at radius 2 is 1.94 bits per heavy atom. The Kier molecular flexibility index (Phi) is 7.76. The summed E-state index contributed by atoms with van der Waals surface area (Å²) in [6.45, 7) is 4.71. The normalized spacial score (nSPS) is 16.1. The van der Waals surface area contributed by atoms with Crippen LogP contribution in [0.3, 0.4) is 0 Å². The van der Waals surface area contributed by atoms with Crippen LogP contribution in [0, 0.1) is 0 Å². The number of halogens is 3. The minimum absolute atomic E-state index is 0.00676. The molecule has 2 atom stereocenters. The third-order valence-corrected chi connectivity index (χ3v) is 2.57. The molecule has 0 bridgehead atoms. The molecule has 0 saturated carbocycles. The molecule has 2 nitrogen and oxygen atoms in total. The molecule has 0 heterocycles. The number of alkyl halides is 3. The predicted molar refractivity (Wildman–Crippen MR) is 58.5 cm³/mol. The number of nitrogens with one attached hydrogen (secondary N) is 1. The molecule has 98 valence electrons. The van der Waals surface area contributed by atoms with Crippen LogP contribution < -0.4 is 5.32 Å². The summed E-state index contributed by atoms with van der Waals surface area (Å²) in [7, 11) is 1.58. The van der Waals surface area contributed by atoms with Crippen molar-refractivity contribution in [3.8, 4) is 0 Å². The van der Waals surface area contributed by atoms with Crippen molar-refractivity contribution in [2.45, 2.75) is 57.9 Å². The smallest absolute Gasteiger partial charge is 0.380 e. The maximum absolute atomic E-state index is 12.0. The molecule has 0 saturated heterocycles. The highest BCUT2D eigenvalue weighted by molar-refractivity contribution is 4.74. The lowest BCUT2D eigenvalue weighted by molar-refractivity contribution is -0.136. The predicted octanol–water partition coefficient (Wildman–Crippen LogP) is 3.12. The molecule has 0 spiro atoms. The van der Waals surface area contributed by atoms with Gasteiger partial charge in [-0.2, -0.15) is 13.2 Å². The third-order valence-electron chi connectivity index (χ3n) is 2.57. The van der Waals surface area contributed by atoms with Crippen molar-refractivity contribution < 1.29 is 17.9 Å².